The largest absolute Gasteiger partial charge is 0.335 e. The van der Waals surface area contributed by atoms with Crippen LogP contribution in [-0.2, 0) is 16.6 Å². The summed E-state index contributed by atoms with van der Waals surface area (Å²) in [6.07, 6.45) is 5.43. The number of imidazole rings is 1. The maximum Gasteiger partial charge on any atom is 0.243 e. The lowest BCUT2D eigenvalue weighted by atomic mass is 9.98. The molecule has 1 fully saturated rings. The average molecular weight is 361 g/mol. The van der Waals surface area contributed by atoms with Crippen LogP contribution in [0.3, 0.4) is 0 Å². The molecular formula is C18H23N3O3S. The number of benzene rings is 1. The predicted octanol–water partition coefficient (Wildman–Crippen LogP) is 2.50. The van der Waals surface area contributed by atoms with Crippen LogP contribution < -0.4 is 0 Å². The Kier molecular flexibility index (Phi) is 5.06. The van der Waals surface area contributed by atoms with E-state index in [-0.39, 0.29) is 10.7 Å². The molecule has 1 saturated heterocycles. The Morgan fingerprint density at radius 1 is 1.20 bits per heavy atom. The molecular weight excluding hydrogens is 338 g/mol. The number of carbonyl (C=O) groups is 1. The molecule has 2 aromatic rings. The molecule has 7 heteroatoms. The monoisotopic (exact) mass is 361 g/mol. The van der Waals surface area contributed by atoms with Gasteiger partial charge in [0.05, 0.1) is 4.90 Å². The molecule has 3 rings (SSSR count). The van der Waals surface area contributed by atoms with Crippen molar-refractivity contribution in [3.63, 3.8) is 0 Å². The summed E-state index contributed by atoms with van der Waals surface area (Å²) in [5, 5.41) is 0. The van der Waals surface area contributed by atoms with Gasteiger partial charge in [-0.1, -0.05) is 12.1 Å². The topological polar surface area (TPSA) is 72.3 Å². The van der Waals surface area contributed by atoms with Gasteiger partial charge in [0, 0.05) is 37.6 Å². The number of hydrogen-bond acceptors (Lipinski definition) is 4. The number of ketones is 1. The number of rotatable bonds is 5. The van der Waals surface area contributed by atoms with Gasteiger partial charge >= 0.3 is 0 Å². The summed E-state index contributed by atoms with van der Waals surface area (Å²) in [5.41, 5.74) is 0.522. The predicted molar refractivity (Wildman–Crippen MR) is 94.9 cm³/mol. The van der Waals surface area contributed by atoms with Crippen LogP contribution in [0.2, 0.25) is 0 Å². The van der Waals surface area contributed by atoms with Crippen LogP contribution in [0, 0.1) is 12.8 Å². The third-order valence-electron chi connectivity index (χ3n) is 4.85. The minimum Gasteiger partial charge on any atom is -0.335 e. The number of nitrogens with zero attached hydrogens (tertiary/aromatic N) is 3. The van der Waals surface area contributed by atoms with Crippen LogP contribution in [0.15, 0.2) is 41.6 Å². The quantitative estimate of drug-likeness (QED) is 0.767. The van der Waals surface area contributed by atoms with E-state index in [4.69, 9.17) is 0 Å². The third-order valence-corrected chi connectivity index (χ3v) is 6.76. The summed E-state index contributed by atoms with van der Waals surface area (Å²) in [6, 6.07) is 6.19. The Bertz CT molecular complexity index is 848. The van der Waals surface area contributed by atoms with Crippen molar-refractivity contribution >= 4 is 15.8 Å². The lowest BCUT2D eigenvalue weighted by molar-refractivity contribution is 0.101. The van der Waals surface area contributed by atoms with E-state index in [9.17, 15) is 13.2 Å². The Balaban J connectivity index is 1.65. The van der Waals surface area contributed by atoms with Gasteiger partial charge in [0.25, 0.3) is 0 Å². The van der Waals surface area contributed by atoms with E-state index in [1.807, 2.05) is 13.1 Å². The molecule has 0 radical (unpaired) electrons. The van der Waals surface area contributed by atoms with Gasteiger partial charge in [0.2, 0.25) is 10.0 Å². The minimum atomic E-state index is -3.50. The number of piperidine rings is 1. The van der Waals surface area contributed by atoms with Crippen molar-refractivity contribution in [2.24, 2.45) is 5.92 Å². The maximum atomic E-state index is 12.8. The van der Waals surface area contributed by atoms with E-state index < -0.39 is 10.0 Å². The van der Waals surface area contributed by atoms with E-state index in [0.717, 1.165) is 25.2 Å². The summed E-state index contributed by atoms with van der Waals surface area (Å²) < 4.78 is 29.2. The molecule has 6 nitrogen and oxygen atoms in total. The van der Waals surface area contributed by atoms with Crippen molar-refractivity contribution in [1.82, 2.24) is 13.9 Å². The van der Waals surface area contributed by atoms with E-state index in [1.165, 1.54) is 19.1 Å². The molecule has 0 atom stereocenters. The number of carbonyl (C=O) groups excluding carboxylic acids is 1. The minimum absolute atomic E-state index is 0.0699. The molecule has 2 heterocycles. The van der Waals surface area contributed by atoms with Gasteiger partial charge in [-0.25, -0.2) is 13.4 Å². The van der Waals surface area contributed by atoms with E-state index in [2.05, 4.69) is 9.55 Å². The first-order chi connectivity index (χ1) is 11.9. The fourth-order valence-electron chi connectivity index (χ4n) is 3.22. The summed E-state index contributed by atoms with van der Waals surface area (Å²) in [5.74, 6) is 1.37. The number of Topliss-reactive ketones (excluding diaryl/α,β-unsaturated/α-hetero) is 1. The second-order valence-corrected chi connectivity index (χ2v) is 8.49. The zero-order valence-corrected chi connectivity index (χ0v) is 15.4. The molecule has 0 unspecified atom stereocenters. The summed E-state index contributed by atoms with van der Waals surface area (Å²) >= 11 is 0. The van der Waals surface area contributed by atoms with Crippen LogP contribution in [0.4, 0.5) is 0 Å². The van der Waals surface area contributed by atoms with Crippen LogP contribution in [0.5, 0.6) is 0 Å². The molecule has 1 aromatic heterocycles. The Morgan fingerprint density at radius 3 is 2.36 bits per heavy atom. The lowest BCUT2D eigenvalue weighted by Gasteiger charge is -2.31. The van der Waals surface area contributed by atoms with Crippen LogP contribution >= 0.6 is 0 Å². The Labute approximate surface area is 148 Å². The van der Waals surface area contributed by atoms with Crippen molar-refractivity contribution in [3.8, 4) is 0 Å². The fourth-order valence-corrected chi connectivity index (χ4v) is 4.69. The fraction of sp³-hybridized carbons (Fsp3) is 0.444. The molecule has 0 spiro atoms. The van der Waals surface area contributed by atoms with Crippen molar-refractivity contribution in [1.29, 1.82) is 0 Å². The first-order valence-electron chi connectivity index (χ1n) is 8.47. The van der Waals surface area contributed by atoms with Crippen LogP contribution in [-0.4, -0.2) is 41.1 Å². The van der Waals surface area contributed by atoms with Crippen molar-refractivity contribution in [2.75, 3.05) is 13.1 Å². The number of aromatic nitrogens is 2. The molecule has 0 N–H and O–H groups in total. The van der Waals surface area contributed by atoms with E-state index in [1.54, 1.807) is 22.6 Å². The highest BCUT2D eigenvalue weighted by Crippen LogP contribution is 2.25. The maximum absolute atomic E-state index is 12.8. The lowest BCUT2D eigenvalue weighted by Crippen LogP contribution is -2.39. The molecule has 1 aliphatic rings. The average Bonchev–Trinajstić information content (AvgIpc) is 3.00. The molecule has 0 bridgehead atoms. The smallest absolute Gasteiger partial charge is 0.243 e. The van der Waals surface area contributed by atoms with Gasteiger partial charge in [-0.2, -0.15) is 4.31 Å². The Hall–Kier alpha value is -1.99. The first kappa shape index (κ1) is 17.8. The molecule has 1 aliphatic heterocycles. The Morgan fingerprint density at radius 2 is 1.84 bits per heavy atom. The standard InChI is InChI=1S/C18H23N3O3S/c1-14(22)17-3-5-18(6-4-17)25(23,24)21-10-7-16(8-11-21)13-20-12-9-19-15(20)2/h3-6,9,12,16H,7-8,10-11,13H2,1-2H3. The SMILES string of the molecule is CC(=O)c1ccc(S(=O)(=O)N2CCC(Cn3ccnc3C)CC2)cc1. The van der Waals surface area contributed by atoms with Crippen molar-refractivity contribution in [2.45, 2.75) is 38.1 Å². The first-order valence-corrected chi connectivity index (χ1v) is 9.91. The van der Waals surface area contributed by atoms with Crippen molar-refractivity contribution < 1.29 is 13.2 Å². The highest BCUT2D eigenvalue weighted by molar-refractivity contribution is 7.89. The van der Waals surface area contributed by atoms with Crippen molar-refractivity contribution in [3.05, 3.63) is 48.0 Å². The summed E-state index contributed by atoms with van der Waals surface area (Å²) in [6.45, 7) is 5.37. The summed E-state index contributed by atoms with van der Waals surface area (Å²) in [4.78, 5) is 15.8. The zero-order valence-electron chi connectivity index (χ0n) is 14.6. The molecule has 25 heavy (non-hydrogen) atoms. The normalized spacial score (nSPS) is 16.9. The third kappa shape index (κ3) is 3.82. The van der Waals surface area contributed by atoms with Gasteiger partial charge in [-0.05, 0) is 44.7 Å². The van der Waals surface area contributed by atoms with Gasteiger partial charge in [0.15, 0.2) is 5.78 Å². The number of hydrogen-bond donors (Lipinski definition) is 0. The zero-order chi connectivity index (χ0) is 18.0. The molecule has 0 amide bonds. The van der Waals surface area contributed by atoms with Gasteiger partial charge in [-0.3, -0.25) is 4.79 Å². The highest BCUT2D eigenvalue weighted by atomic mass is 32.2. The van der Waals surface area contributed by atoms with Crippen LogP contribution in [0.1, 0.15) is 35.9 Å². The van der Waals surface area contributed by atoms with E-state index in [0.29, 0.717) is 24.6 Å². The molecule has 0 saturated carbocycles. The molecule has 1 aromatic carbocycles. The van der Waals surface area contributed by atoms with Gasteiger partial charge in [0.1, 0.15) is 5.82 Å². The summed E-state index contributed by atoms with van der Waals surface area (Å²) in [7, 11) is -3.50. The number of sulfonamides is 1. The van der Waals surface area contributed by atoms with Gasteiger partial charge < -0.3 is 4.57 Å². The van der Waals surface area contributed by atoms with Crippen LogP contribution in [0.25, 0.3) is 0 Å². The second-order valence-electron chi connectivity index (χ2n) is 6.55. The van der Waals surface area contributed by atoms with Gasteiger partial charge in [-0.15, -0.1) is 0 Å². The molecule has 0 aliphatic carbocycles. The second kappa shape index (κ2) is 7.09. The number of aryl methyl sites for hydroxylation is 1. The highest BCUT2D eigenvalue weighted by Gasteiger charge is 2.29. The van der Waals surface area contributed by atoms with E-state index >= 15 is 0 Å². The molecule has 134 valence electrons.